The zero-order chi connectivity index (χ0) is 19.9. The summed E-state index contributed by atoms with van der Waals surface area (Å²) in [7, 11) is 1.79. The number of Topliss-reactive ketones (excluding diaryl/α,β-unsaturated/α-hetero) is 1. The van der Waals surface area contributed by atoms with E-state index in [2.05, 4.69) is 17.1 Å². The summed E-state index contributed by atoms with van der Waals surface area (Å²) in [6.45, 7) is 1.86. The van der Waals surface area contributed by atoms with Gasteiger partial charge in [-0.05, 0) is 54.9 Å². The molecular formula is C23H25FN2O2. The van der Waals surface area contributed by atoms with E-state index in [1.807, 2.05) is 19.1 Å². The second kappa shape index (κ2) is 6.80. The first-order chi connectivity index (χ1) is 13.4. The molecule has 1 amide bonds. The maximum absolute atomic E-state index is 13.6. The highest BCUT2D eigenvalue weighted by Crippen LogP contribution is 2.74. The summed E-state index contributed by atoms with van der Waals surface area (Å²) >= 11 is 0. The Balaban J connectivity index is 1.35. The van der Waals surface area contributed by atoms with Crippen LogP contribution in [0.2, 0.25) is 0 Å². The molecule has 1 aromatic heterocycles. The van der Waals surface area contributed by atoms with Crippen LogP contribution in [0.1, 0.15) is 50.2 Å². The molecule has 0 saturated heterocycles. The van der Waals surface area contributed by atoms with Crippen molar-refractivity contribution in [3.63, 3.8) is 0 Å². The zero-order valence-corrected chi connectivity index (χ0v) is 16.4. The Bertz CT molecular complexity index is 903. The van der Waals surface area contributed by atoms with E-state index in [0.717, 1.165) is 24.9 Å². The van der Waals surface area contributed by atoms with Crippen molar-refractivity contribution < 1.29 is 14.0 Å². The number of rotatable bonds is 7. The average Bonchev–Trinajstić information content (AvgIpc) is 2.64. The minimum atomic E-state index is -0.476. The van der Waals surface area contributed by atoms with Gasteiger partial charge in [-0.3, -0.25) is 9.59 Å². The molecule has 0 spiro atoms. The Kier molecular flexibility index (Phi) is 4.56. The van der Waals surface area contributed by atoms with E-state index >= 15 is 0 Å². The summed E-state index contributed by atoms with van der Waals surface area (Å²) in [4.78, 5) is 29.9. The lowest BCUT2D eigenvalue weighted by Gasteiger charge is -2.70. The Morgan fingerprint density at radius 3 is 2.43 bits per heavy atom. The first-order valence-electron chi connectivity index (χ1n) is 9.89. The van der Waals surface area contributed by atoms with Crippen molar-refractivity contribution in [3.05, 3.63) is 59.7 Å². The normalized spacial score (nSPS) is 24.8. The van der Waals surface area contributed by atoms with Crippen LogP contribution in [0.3, 0.4) is 0 Å². The monoisotopic (exact) mass is 380 g/mol. The number of carbonyl (C=O) groups is 2. The molecule has 0 N–H and O–H groups in total. The van der Waals surface area contributed by atoms with Gasteiger partial charge in [0, 0.05) is 42.8 Å². The third-order valence-corrected chi connectivity index (χ3v) is 6.62. The van der Waals surface area contributed by atoms with E-state index in [-0.39, 0.29) is 22.5 Å². The van der Waals surface area contributed by atoms with Crippen molar-refractivity contribution in [2.24, 2.45) is 5.41 Å². The molecule has 5 heteroatoms. The molecule has 28 heavy (non-hydrogen) atoms. The smallest absolute Gasteiger partial charge is 0.226 e. The molecule has 2 bridgehead atoms. The Labute approximate surface area is 164 Å². The number of anilines is 1. The van der Waals surface area contributed by atoms with Crippen LogP contribution < -0.4 is 4.90 Å². The number of aryl methyl sites for hydroxylation is 1. The maximum Gasteiger partial charge on any atom is 0.226 e. The Hall–Kier alpha value is -2.56. The molecule has 3 fully saturated rings. The van der Waals surface area contributed by atoms with Crippen LogP contribution in [0.25, 0.3) is 0 Å². The fraction of sp³-hybridized carbons (Fsp3) is 0.435. The predicted octanol–water partition coefficient (Wildman–Crippen LogP) is 4.22. The van der Waals surface area contributed by atoms with E-state index in [0.29, 0.717) is 24.8 Å². The topological polar surface area (TPSA) is 50.3 Å². The Morgan fingerprint density at radius 1 is 1.14 bits per heavy atom. The molecule has 1 heterocycles. The summed E-state index contributed by atoms with van der Waals surface area (Å²) in [6, 6.07) is 11.6. The standard InChI is InChI=1S/C23H25FN2O2/c1-3-20(28)26(2)18-9-7-17(8-10-18)22-13-23(14-22,15-22)19(27)11-6-16-5-4-12-25-21(16)24/h4-5,7-10,12H,3,6,11,13-15H2,1-2H3. The third-order valence-electron chi connectivity index (χ3n) is 6.62. The van der Waals surface area contributed by atoms with Crippen LogP contribution in [0.15, 0.2) is 42.6 Å². The first-order valence-corrected chi connectivity index (χ1v) is 9.89. The molecule has 3 aliphatic carbocycles. The average molecular weight is 380 g/mol. The number of hydrogen-bond donors (Lipinski definition) is 0. The number of nitrogens with zero attached hydrogens (tertiary/aromatic N) is 2. The fourth-order valence-electron chi connectivity index (χ4n) is 4.93. The van der Waals surface area contributed by atoms with E-state index in [4.69, 9.17) is 0 Å². The number of benzene rings is 1. The van der Waals surface area contributed by atoms with Gasteiger partial charge in [-0.2, -0.15) is 4.39 Å². The molecule has 4 nitrogen and oxygen atoms in total. The second-order valence-electron chi connectivity index (χ2n) is 8.32. The quantitative estimate of drug-likeness (QED) is 0.676. The van der Waals surface area contributed by atoms with Gasteiger partial charge in [0.25, 0.3) is 0 Å². The number of halogens is 1. The van der Waals surface area contributed by atoms with Gasteiger partial charge in [-0.15, -0.1) is 0 Å². The molecule has 2 aromatic rings. The number of hydrogen-bond acceptors (Lipinski definition) is 3. The van der Waals surface area contributed by atoms with Crippen LogP contribution in [0.4, 0.5) is 10.1 Å². The van der Waals surface area contributed by atoms with Crippen LogP contribution in [0, 0.1) is 11.4 Å². The third kappa shape index (κ3) is 2.93. The molecular weight excluding hydrogens is 355 g/mol. The lowest BCUT2D eigenvalue weighted by atomic mass is 9.32. The molecule has 3 aliphatic rings. The molecule has 146 valence electrons. The van der Waals surface area contributed by atoms with Gasteiger partial charge < -0.3 is 4.90 Å². The van der Waals surface area contributed by atoms with E-state index in [9.17, 15) is 14.0 Å². The van der Waals surface area contributed by atoms with Gasteiger partial charge >= 0.3 is 0 Å². The molecule has 1 aromatic carbocycles. The first kappa shape index (κ1) is 18.8. The summed E-state index contributed by atoms with van der Waals surface area (Å²) < 4.78 is 13.6. The van der Waals surface area contributed by atoms with Crippen LogP contribution in [0.5, 0.6) is 0 Å². The number of pyridine rings is 1. The van der Waals surface area contributed by atoms with Gasteiger partial charge in [0.05, 0.1) is 0 Å². The second-order valence-corrected chi connectivity index (χ2v) is 8.32. The SMILES string of the molecule is CCC(=O)N(C)c1ccc(C23CC(C(=O)CCc4cccnc4F)(C2)C3)cc1. The maximum atomic E-state index is 13.6. The lowest BCUT2D eigenvalue weighted by molar-refractivity contribution is -0.173. The van der Waals surface area contributed by atoms with Crippen molar-refractivity contribution in [1.29, 1.82) is 0 Å². The van der Waals surface area contributed by atoms with Crippen LogP contribution in [-0.4, -0.2) is 23.7 Å². The summed E-state index contributed by atoms with van der Waals surface area (Å²) in [5.41, 5.74) is 2.57. The van der Waals surface area contributed by atoms with Crippen molar-refractivity contribution in [2.45, 2.75) is 50.9 Å². The van der Waals surface area contributed by atoms with E-state index in [1.54, 1.807) is 24.1 Å². The van der Waals surface area contributed by atoms with Crippen molar-refractivity contribution in [1.82, 2.24) is 4.98 Å². The molecule has 3 saturated carbocycles. The van der Waals surface area contributed by atoms with Gasteiger partial charge in [-0.25, -0.2) is 4.98 Å². The predicted molar refractivity (Wildman–Crippen MR) is 106 cm³/mol. The molecule has 0 radical (unpaired) electrons. The molecule has 0 aliphatic heterocycles. The van der Waals surface area contributed by atoms with Gasteiger partial charge in [0.15, 0.2) is 0 Å². The highest BCUT2D eigenvalue weighted by atomic mass is 19.1. The van der Waals surface area contributed by atoms with Crippen LogP contribution >= 0.6 is 0 Å². The van der Waals surface area contributed by atoms with Gasteiger partial charge in [0.2, 0.25) is 11.9 Å². The van der Waals surface area contributed by atoms with Crippen LogP contribution in [-0.2, 0) is 21.4 Å². The van der Waals surface area contributed by atoms with Gasteiger partial charge in [-0.1, -0.05) is 25.1 Å². The van der Waals surface area contributed by atoms with Crippen molar-refractivity contribution in [2.75, 3.05) is 11.9 Å². The summed E-state index contributed by atoms with van der Waals surface area (Å²) in [6.07, 6.45) is 5.36. The van der Waals surface area contributed by atoms with E-state index in [1.165, 1.54) is 11.8 Å². The van der Waals surface area contributed by atoms with Crippen molar-refractivity contribution >= 4 is 17.4 Å². The number of carbonyl (C=O) groups excluding carboxylic acids is 2. The van der Waals surface area contributed by atoms with Gasteiger partial charge in [0.1, 0.15) is 5.78 Å². The highest BCUT2D eigenvalue weighted by molar-refractivity contribution is 5.92. The molecule has 5 rings (SSSR count). The zero-order valence-electron chi connectivity index (χ0n) is 16.4. The van der Waals surface area contributed by atoms with E-state index < -0.39 is 5.95 Å². The summed E-state index contributed by atoms with van der Waals surface area (Å²) in [5.74, 6) is -0.133. The Morgan fingerprint density at radius 2 is 1.82 bits per heavy atom. The molecule has 0 atom stereocenters. The number of amides is 1. The lowest BCUT2D eigenvalue weighted by Crippen LogP contribution is -2.67. The minimum absolute atomic E-state index is 0.0906. The summed E-state index contributed by atoms with van der Waals surface area (Å²) in [5, 5.41) is 0. The largest absolute Gasteiger partial charge is 0.316 e. The fourth-order valence-corrected chi connectivity index (χ4v) is 4.93. The number of aromatic nitrogens is 1. The van der Waals surface area contributed by atoms with Crippen molar-refractivity contribution in [3.8, 4) is 0 Å². The highest BCUT2D eigenvalue weighted by Gasteiger charge is 2.70. The molecule has 0 unspecified atom stereocenters. The minimum Gasteiger partial charge on any atom is -0.316 e. The number of ketones is 1.